The first-order valence-electron chi connectivity index (χ1n) is 9.17. The maximum Gasteiger partial charge on any atom is 0.411 e. The van der Waals surface area contributed by atoms with Crippen LogP contribution < -0.4 is 15.7 Å². The Bertz CT molecular complexity index is 877. The number of anilines is 1. The van der Waals surface area contributed by atoms with Gasteiger partial charge >= 0.3 is 6.09 Å². The Hall–Kier alpha value is -1.86. The molecule has 0 bridgehead atoms. The molecule has 0 heterocycles. The Morgan fingerprint density at radius 3 is 2.19 bits per heavy atom. The van der Waals surface area contributed by atoms with Crippen LogP contribution in [0.1, 0.15) is 11.1 Å². The van der Waals surface area contributed by atoms with Gasteiger partial charge in [-0.1, -0.05) is 74.8 Å². The molecule has 1 aliphatic carbocycles. The summed E-state index contributed by atoms with van der Waals surface area (Å²) in [6.07, 6.45) is 0.484. The number of hydrogen-bond donors (Lipinski definition) is 1. The fourth-order valence-corrected chi connectivity index (χ4v) is 6.40. The highest BCUT2D eigenvalue weighted by Gasteiger charge is 2.30. The maximum atomic E-state index is 12.0. The monoisotopic (exact) mass is 383 g/mol. The number of fused-ring (bicyclic) bond motifs is 3. The predicted molar refractivity (Wildman–Crippen MR) is 117 cm³/mol. The van der Waals surface area contributed by atoms with Crippen LogP contribution >= 0.6 is 0 Å². The minimum absolute atomic E-state index is 0.392. The average molecular weight is 384 g/mol. The Kier molecular flexibility index (Phi) is 4.65. The average Bonchev–Trinajstić information content (AvgIpc) is 2.91. The second-order valence-corrected chi connectivity index (χ2v) is 19.3. The number of methoxy groups -OCH3 is 1. The number of rotatable bonds is 3. The second kappa shape index (κ2) is 6.39. The van der Waals surface area contributed by atoms with E-state index in [1.807, 2.05) is 0 Å². The largest absolute Gasteiger partial charge is 0.453 e. The molecule has 1 amide bonds. The summed E-state index contributed by atoms with van der Waals surface area (Å²) in [5.41, 5.74) is 6.13. The van der Waals surface area contributed by atoms with E-state index in [1.54, 1.807) is 0 Å². The van der Waals surface area contributed by atoms with Crippen LogP contribution in [-0.2, 0) is 11.2 Å². The first kappa shape index (κ1) is 18.9. The summed E-state index contributed by atoms with van der Waals surface area (Å²) in [5.74, 6) is 0. The summed E-state index contributed by atoms with van der Waals surface area (Å²) in [5, 5.41) is 5.79. The molecule has 1 aliphatic rings. The third-order valence-electron chi connectivity index (χ3n) is 5.16. The molecule has 1 N–H and O–H groups in total. The van der Waals surface area contributed by atoms with Gasteiger partial charge < -0.3 is 4.74 Å². The summed E-state index contributed by atoms with van der Waals surface area (Å²) in [6.45, 7) is 14.1. The molecule has 0 aromatic heterocycles. The molecule has 3 rings (SSSR count). The zero-order valence-electron chi connectivity index (χ0n) is 16.9. The quantitative estimate of drug-likeness (QED) is 0.675. The first-order valence-corrected chi connectivity index (χ1v) is 16.2. The van der Waals surface area contributed by atoms with Crippen molar-refractivity contribution in [2.45, 2.75) is 45.7 Å². The van der Waals surface area contributed by atoms with E-state index < -0.39 is 22.2 Å². The van der Waals surface area contributed by atoms with Crippen molar-refractivity contribution < 1.29 is 9.53 Å². The lowest BCUT2D eigenvalue weighted by molar-refractivity contribution is 0.187. The number of ether oxygens (including phenoxy) is 1. The van der Waals surface area contributed by atoms with Crippen molar-refractivity contribution in [2.75, 3.05) is 12.4 Å². The zero-order chi connectivity index (χ0) is 19.3. The lowest BCUT2D eigenvalue weighted by Gasteiger charge is -2.23. The summed E-state index contributed by atoms with van der Waals surface area (Å²) < 4.78 is 4.89. The van der Waals surface area contributed by atoms with E-state index in [9.17, 15) is 4.79 Å². The van der Waals surface area contributed by atoms with Crippen LogP contribution in [0.3, 0.4) is 0 Å². The minimum atomic E-state index is -1.61. The van der Waals surface area contributed by atoms with Crippen molar-refractivity contribution in [3.8, 4) is 11.1 Å². The fourth-order valence-electron chi connectivity index (χ4n) is 3.66. The molecular weight excluding hydrogens is 354 g/mol. The number of amides is 1. The van der Waals surface area contributed by atoms with Crippen molar-refractivity contribution in [1.29, 1.82) is 0 Å². The van der Waals surface area contributed by atoms with Crippen LogP contribution in [0.15, 0.2) is 30.3 Å². The molecular formula is C21H29NO2Si2. The Balaban J connectivity index is 2.15. The van der Waals surface area contributed by atoms with Gasteiger partial charge in [0.15, 0.2) is 0 Å². The van der Waals surface area contributed by atoms with Crippen LogP contribution in [0.2, 0.25) is 39.3 Å². The van der Waals surface area contributed by atoms with Gasteiger partial charge in [0, 0.05) is 12.1 Å². The smallest absolute Gasteiger partial charge is 0.411 e. The van der Waals surface area contributed by atoms with E-state index in [-0.39, 0.29) is 0 Å². The molecule has 0 fully saturated rings. The van der Waals surface area contributed by atoms with Gasteiger partial charge in [-0.15, -0.1) is 0 Å². The summed E-state index contributed by atoms with van der Waals surface area (Å²) in [7, 11) is -1.54. The van der Waals surface area contributed by atoms with E-state index >= 15 is 0 Å². The second-order valence-electron chi connectivity index (χ2n) is 9.18. The van der Waals surface area contributed by atoms with Gasteiger partial charge in [-0.25, -0.2) is 4.79 Å². The van der Waals surface area contributed by atoms with Crippen molar-refractivity contribution in [1.82, 2.24) is 0 Å². The standard InChI is InChI=1S/C21H29NO2Si2/c1-24-21(23)22-20-18-13-14-12-15(25(2,3)4)8-9-16(14)17(18)10-11-19(20)26(5,6)7/h8-12H,13H2,1-7H3,(H,22,23). The van der Waals surface area contributed by atoms with Gasteiger partial charge in [0.25, 0.3) is 0 Å². The molecule has 0 radical (unpaired) electrons. The molecule has 3 nitrogen and oxygen atoms in total. The molecule has 0 atom stereocenters. The molecule has 0 saturated carbocycles. The van der Waals surface area contributed by atoms with Gasteiger partial charge in [-0.3, -0.25) is 5.32 Å². The summed E-state index contributed by atoms with van der Waals surface area (Å²) >= 11 is 0. The van der Waals surface area contributed by atoms with Crippen LogP contribution in [0.5, 0.6) is 0 Å². The highest BCUT2D eigenvalue weighted by Crippen LogP contribution is 2.40. The van der Waals surface area contributed by atoms with E-state index in [4.69, 9.17) is 4.74 Å². The number of carbonyl (C=O) groups is 1. The third kappa shape index (κ3) is 3.38. The highest BCUT2D eigenvalue weighted by atomic mass is 28.3. The van der Waals surface area contributed by atoms with Crippen molar-refractivity contribution in [3.05, 3.63) is 41.5 Å². The number of hydrogen-bond acceptors (Lipinski definition) is 2. The van der Waals surface area contributed by atoms with Gasteiger partial charge in [-0.05, 0) is 27.4 Å². The predicted octanol–water partition coefficient (Wildman–Crippen LogP) is 4.53. The highest BCUT2D eigenvalue weighted by molar-refractivity contribution is 6.90. The maximum absolute atomic E-state index is 12.0. The summed E-state index contributed by atoms with van der Waals surface area (Å²) in [6, 6.07) is 11.4. The molecule has 0 unspecified atom stereocenters. The molecule has 0 aliphatic heterocycles. The van der Waals surface area contributed by atoms with E-state index in [2.05, 4.69) is 74.9 Å². The van der Waals surface area contributed by atoms with Crippen molar-refractivity contribution in [2.24, 2.45) is 0 Å². The Morgan fingerprint density at radius 1 is 0.962 bits per heavy atom. The lowest BCUT2D eigenvalue weighted by atomic mass is 10.0. The van der Waals surface area contributed by atoms with Gasteiger partial charge in [0.1, 0.15) is 0 Å². The van der Waals surface area contributed by atoms with E-state index in [0.29, 0.717) is 0 Å². The molecule has 0 saturated heterocycles. The number of benzene rings is 2. The Morgan fingerprint density at radius 2 is 1.62 bits per heavy atom. The first-order chi connectivity index (χ1) is 12.0. The van der Waals surface area contributed by atoms with Crippen LogP contribution in [-0.4, -0.2) is 29.4 Å². The third-order valence-corrected chi connectivity index (χ3v) is 9.24. The molecule has 2 aromatic rings. The topological polar surface area (TPSA) is 38.3 Å². The minimum Gasteiger partial charge on any atom is -0.453 e. The van der Waals surface area contributed by atoms with Gasteiger partial charge in [-0.2, -0.15) is 0 Å². The molecule has 2 aromatic carbocycles. The lowest BCUT2D eigenvalue weighted by Crippen LogP contribution is -2.40. The summed E-state index contributed by atoms with van der Waals surface area (Å²) in [4.78, 5) is 12.0. The van der Waals surface area contributed by atoms with Crippen LogP contribution in [0.4, 0.5) is 10.5 Å². The normalized spacial score (nSPS) is 13.2. The van der Waals surface area contributed by atoms with Gasteiger partial charge in [0.2, 0.25) is 0 Å². The van der Waals surface area contributed by atoms with Crippen LogP contribution in [0, 0.1) is 0 Å². The van der Waals surface area contributed by atoms with Crippen LogP contribution in [0.25, 0.3) is 11.1 Å². The molecule has 138 valence electrons. The molecule has 5 heteroatoms. The Labute approximate surface area is 158 Å². The SMILES string of the molecule is COC(=O)Nc1c([Si](C)(C)C)ccc2c1Cc1cc([Si](C)(C)C)ccc1-2. The molecule has 26 heavy (non-hydrogen) atoms. The van der Waals surface area contributed by atoms with E-state index in [1.165, 1.54) is 39.7 Å². The fraction of sp³-hybridized carbons (Fsp3) is 0.381. The van der Waals surface area contributed by atoms with Gasteiger partial charge in [0.05, 0.1) is 23.3 Å². The number of carbonyl (C=O) groups excluding carboxylic acids is 1. The van der Waals surface area contributed by atoms with E-state index in [0.717, 1.165) is 12.1 Å². The van der Waals surface area contributed by atoms with Crippen molar-refractivity contribution >= 4 is 38.3 Å². The van der Waals surface area contributed by atoms with Crippen molar-refractivity contribution in [3.63, 3.8) is 0 Å². The number of nitrogens with one attached hydrogen (secondary N) is 1. The zero-order valence-corrected chi connectivity index (χ0v) is 18.9. The molecule has 0 spiro atoms.